The van der Waals surface area contributed by atoms with Crippen molar-refractivity contribution in [2.45, 2.75) is 19.5 Å². The predicted molar refractivity (Wildman–Crippen MR) is 139 cm³/mol. The molecule has 0 fully saturated rings. The normalized spacial score (nSPS) is 12.5. The molecule has 0 bridgehead atoms. The lowest BCUT2D eigenvalue weighted by molar-refractivity contribution is 0.462. The summed E-state index contributed by atoms with van der Waals surface area (Å²) in [5.74, 6) is 1.92. The number of para-hydroxylation sites is 1. The first kappa shape index (κ1) is 22.7. The van der Waals surface area contributed by atoms with Crippen molar-refractivity contribution in [1.29, 1.82) is 0 Å². The average Bonchev–Trinajstić information content (AvgIpc) is 2.88. The zero-order valence-corrected chi connectivity index (χ0v) is 19.8. The molecule has 176 valence electrons. The maximum absolute atomic E-state index is 13.1. The highest BCUT2D eigenvalue weighted by Crippen LogP contribution is 2.28. The Morgan fingerprint density at radius 1 is 0.943 bits per heavy atom. The second kappa shape index (κ2) is 10.5. The van der Waals surface area contributed by atoms with Crippen molar-refractivity contribution in [3.05, 3.63) is 107 Å². The summed E-state index contributed by atoms with van der Waals surface area (Å²) in [6.45, 7) is 2.04. The van der Waals surface area contributed by atoms with Gasteiger partial charge in [-0.15, -0.1) is 0 Å². The molecule has 0 aliphatic carbocycles. The Hall–Kier alpha value is -4.04. The fourth-order valence-corrected chi connectivity index (χ4v) is 4.08. The molecule has 0 saturated carbocycles. The van der Waals surface area contributed by atoms with E-state index in [-0.39, 0.29) is 5.82 Å². The summed E-state index contributed by atoms with van der Waals surface area (Å²) in [5, 5.41) is 6.54. The Labute approximate surface area is 208 Å². The Balaban J connectivity index is 1.35. The van der Waals surface area contributed by atoms with Gasteiger partial charge in [0.15, 0.2) is 5.11 Å². The van der Waals surface area contributed by atoms with Gasteiger partial charge in [0.1, 0.15) is 17.4 Å². The van der Waals surface area contributed by atoms with Crippen LogP contribution in [0.25, 0.3) is 0 Å². The molecule has 0 spiro atoms. The van der Waals surface area contributed by atoms with Gasteiger partial charge in [0.2, 0.25) is 11.8 Å². The van der Waals surface area contributed by atoms with Crippen LogP contribution in [0.4, 0.5) is 16.2 Å². The second-order valence-electron chi connectivity index (χ2n) is 8.18. The molecule has 0 radical (unpaired) electrons. The molecule has 3 aromatic carbocycles. The van der Waals surface area contributed by atoms with Gasteiger partial charge in [-0.3, -0.25) is 0 Å². The van der Waals surface area contributed by atoms with Gasteiger partial charge in [-0.25, -0.2) is 4.39 Å². The molecule has 8 heteroatoms. The zero-order chi connectivity index (χ0) is 24.0. The molecule has 1 aromatic heterocycles. The molecule has 35 heavy (non-hydrogen) atoms. The molecule has 6 nitrogen and oxygen atoms in total. The van der Waals surface area contributed by atoms with Crippen molar-refractivity contribution in [1.82, 2.24) is 15.3 Å². The third kappa shape index (κ3) is 5.91. The first-order chi connectivity index (χ1) is 17.1. The van der Waals surface area contributed by atoms with Gasteiger partial charge in [-0.2, -0.15) is 9.97 Å². The molecule has 0 saturated heterocycles. The highest BCUT2D eigenvalue weighted by atomic mass is 32.1. The van der Waals surface area contributed by atoms with E-state index < -0.39 is 0 Å². The smallest absolute Gasteiger partial charge is 0.234 e. The Morgan fingerprint density at radius 3 is 2.49 bits per heavy atom. The van der Waals surface area contributed by atoms with Crippen LogP contribution in [0.5, 0.6) is 11.6 Å². The summed E-state index contributed by atoms with van der Waals surface area (Å²) in [6, 6.07) is 26.1. The first-order valence-electron chi connectivity index (χ1n) is 11.4. The number of fused-ring (bicyclic) bond motifs is 1. The highest BCUT2D eigenvalue weighted by molar-refractivity contribution is 7.80. The van der Waals surface area contributed by atoms with Crippen LogP contribution >= 0.6 is 12.2 Å². The number of benzene rings is 3. The molecule has 4 aromatic rings. The van der Waals surface area contributed by atoms with Crippen molar-refractivity contribution in [3.8, 4) is 11.6 Å². The first-order valence-corrected chi connectivity index (χ1v) is 11.8. The summed E-state index contributed by atoms with van der Waals surface area (Å²) in [7, 11) is 0. The van der Waals surface area contributed by atoms with Crippen LogP contribution in [-0.4, -0.2) is 21.6 Å². The minimum absolute atomic E-state index is 0.272. The number of rotatable bonds is 6. The van der Waals surface area contributed by atoms with Gasteiger partial charge < -0.3 is 20.3 Å². The number of thiocarbonyl (C=S) groups is 1. The number of hydrogen-bond donors (Lipinski definition) is 2. The van der Waals surface area contributed by atoms with E-state index in [1.807, 2.05) is 36.4 Å². The summed E-state index contributed by atoms with van der Waals surface area (Å²) in [5.41, 5.74) is 3.56. The Bertz CT molecular complexity index is 1320. The number of aromatic nitrogens is 2. The lowest BCUT2D eigenvalue weighted by atomic mass is 10.00. The Morgan fingerprint density at radius 2 is 1.69 bits per heavy atom. The molecule has 0 amide bonds. The van der Waals surface area contributed by atoms with E-state index in [0.717, 1.165) is 30.9 Å². The van der Waals surface area contributed by atoms with E-state index in [9.17, 15) is 4.39 Å². The summed E-state index contributed by atoms with van der Waals surface area (Å²) in [6.07, 6.45) is 0.940. The zero-order valence-electron chi connectivity index (χ0n) is 18.9. The molecular formula is C27H24FN5OS. The van der Waals surface area contributed by atoms with Crippen LogP contribution < -0.4 is 20.3 Å². The van der Waals surface area contributed by atoms with E-state index in [1.54, 1.807) is 12.1 Å². The maximum atomic E-state index is 13.1. The van der Waals surface area contributed by atoms with Crippen LogP contribution in [0, 0.1) is 5.82 Å². The van der Waals surface area contributed by atoms with Gasteiger partial charge in [-0.05, 0) is 59.6 Å². The molecule has 2 N–H and O–H groups in total. The SMILES string of the molecule is Fc1ccc(CNC(=S)Nc2nc(Oc3ccccc3)cc(N3CCc4ccccc4C3)n2)cc1. The van der Waals surface area contributed by atoms with E-state index in [0.29, 0.717) is 29.2 Å². The van der Waals surface area contributed by atoms with Crippen molar-refractivity contribution >= 4 is 29.1 Å². The summed E-state index contributed by atoms with van der Waals surface area (Å²) >= 11 is 5.46. The van der Waals surface area contributed by atoms with Gasteiger partial charge in [0.25, 0.3) is 0 Å². The summed E-state index contributed by atoms with van der Waals surface area (Å²) in [4.78, 5) is 11.5. The quantitative estimate of drug-likeness (QED) is 0.352. The topological polar surface area (TPSA) is 62.3 Å². The van der Waals surface area contributed by atoms with Gasteiger partial charge in [0, 0.05) is 25.7 Å². The van der Waals surface area contributed by atoms with Crippen molar-refractivity contribution in [3.63, 3.8) is 0 Å². The van der Waals surface area contributed by atoms with Crippen molar-refractivity contribution in [2.24, 2.45) is 0 Å². The minimum Gasteiger partial charge on any atom is -0.439 e. The van der Waals surface area contributed by atoms with E-state index in [1.165, 1.54) is 23.3 Å². The number of nitrogens with one attached hydrogen (secondary N) is 2. The highest BCUT2D eigenvalue weighted by Gasteiger charge is 2.19. The fourth-order valence-electron chi connectivity index (χ4n) is 3.91. The standard InChI is InChI=1S/C27H24FN5OS/c28-22-12-10-19(11-13-22)17-29-27(35)32-26-30-24(16-25(31-26)34-23-8-2-1-3-9-23)33-15-14-20-6-4-5-7-21(20)18-33/h1-13,16H,14-15,17-18H2,(H2,29,30,31,32,35). The average molecular weight is 486 g/mol. The van der Waals surface area contributed by atoms with Crippen LogP contribution in [0.15, 0.2) is 84.9 Å². The monoisotopic (exact) mass is 485 g/mol. The lowest BCUT2D eigenvalue weighted by Crippen LogP contribution is -2.32. The van der Waals surface area contributed by atoms with Crippen LogP contribution in [-0.2, 0) is 19.5 Å². The van der Waals surface area contributed by atoms with E-state index in [4.69, 9.17) is 21.9 Å². The van der Waals surface area contributed by atoms with Gasteiger partial charge in [0.05, 0.1) is 0 Å². The lowest BCUT2D eigenvalue weighted by Gasteiger charge is -2.30. The molecule has 5 rings (SSSR count). The molecular weight excluding hydrogens is 461 g/mol. The third-order valence-electron chi connectivity index (χ3n) is 5.70. The number of halogens is 1. The van der Waals surface area contributed by atoms with Gasteiger partial charge >= 0.3 is 0 Å². The number of hydrogen-bond acceptors (Lipinski definition) is 5. The Kier molecular flexibility index (Phi) is 6.81. The molecule has 1 aliphatic heterocycles. The molecule has 0 unspecified atom stereocenters. The maximum Gasteiger partial charge on any atom is 0.234 e. The molecule has 0 atom stereocenters. The van der Waals surface area contributed by atoms with Crippen LogP contribution in [0.1, 0.15) is 16.7 Å². The number of ether oxygens (including phenoxy) is 1. The van der Waals surface area contributed by atoms with Gasteiger partial charge in [-0.1, -0.05) is 54.6 Å². The third-order valence-corrected chi connectivity index (χ3v) is 5.95. The molecule has 2 heterocycles. The van der Waals surface area contributed by atoms with Crippen molar-refractivity contribution < 1.29 is 9.13 Å². The minimum atomic E-state index is -0.272. The van der Waals surface area contributed by atoms with E-state index in [2.05, 4.69) is 44.8 Å². The van der Waals surface area contributed by atoms with Crippen molar-refractivity contribution in [2.75, 3.05) is 16.8 Å². The van der Waals surface area contributed by atoms with Crippen LogP contribution in [0.2, 0.25) is 0 Å². The van der Waals surface area contributed by atoms with Crippen LogP contribution in [0.3, 0.4) is 0 Å². The predicted octanol–water partition coefficient (Wildman–Crippen LogP) is 5.46. The number of nitrogens with zero attached hydrogens (tertiary/aromatic N) is 3. The fraction of sp³-hybridized carbons (Fsp3) is 0.148. The van der Waals surface area contributed by atoms with E-state index >= 15 is 0 Å². The largest absolute Gasteiger partial charge is 0.439 e. The summed E-state index contributed by atoms with van der Waals surface area (Å²) < 4.78 is 19.2. The number of anilines is 2. The second-order valence-corrected chi connectivity index (χ2v) is 8.59. The molecule has 1 aliphatic rings.